The number of carbonyl (C=O) groups excluding carboxylic acids is 1. The van der Waals surface area contributed by atoms with Crippen LogP contribution in [0.15, 0.2) is 0 Å². The molecule has 0 aromatic carbocycles. The second kappa shape index (κ2) is 7.29. The monoisotopic (exact) mass is 237 g/mol. The van der Waals surface area contributed by atoms with Crippen LogP contribution < -0.4 is 5.32 Å². The van der Waals surface area contributed by atoms with Gasteiger partial charge in [0.2, 0.25) is 5.91 Å². The fourth-order valence-electron chi connectivity index (χ4n) is 2.28. The summed E-state index contributed by atoms with van der Waals surface area (Å²) in [5, 5.41) is 11.8. The molecule has 17 heavy (non-hydrogen) atoms. The maximum atomic E-state index is 11.7. The Bertz CT molecular complexity index is 285. The van der Waals surface area contributed by atoms with Crippen molar-refractivity contribution in [2.45, 2.75) is 33.1 Å². The zero-order valence-electron chi connectivity index (χ0n) is 10.9. The molecule has 1 N–H and O–H groups in total. The summed E-state index contributed by atoms with van der Waals surface area (Å²) < 4.78 is 0. The van der Waals surface area contributed by atoms with E-state index in [1.54, 1.807) is 0 Å². The van der Waals surface area contributed by atoms with Gasteiger partial charge in [-0.1, -0.05) is 20.3 Å². The molecular formula is C13H23N3O. The summed E-state index contributed by atoms with van der Waals surface area (Å²) in [7, 11) is 0. The first kappa shape index (κ1) is 14.0. The van der Waals surface area contributed by atoms with Crippen molar-refractivity contribution in [3.05, 3.63) is 0 Å². The van der Waals surface area contributed by atoms with Crippen molar-refractivity contribution in [2.24, 2.45) is 11.8 Å². The standard InChI is InChI=1S/C13H23N3O/c1-3-5-12(8-14)13(17)15-9-11-6-7-16(4-2)10-11/h11-12H,3-7,9-10H2,1-2H3,(H,15,17). The van der Waals surface area contributed by atoms with Gasteiger partial charge in [-0.05, 0) is 31.8 Å². The second-order valence-electron chi connectivity index (χ2n) is 4.76. The average Bonchev–Trinajstić information content (AvgIpc) is 2.81. The highest BCUT2D eigenvalue weighted by Gasteiger charge is 2.23. The van der Waals surface area contributed by atoms with Crippen molar-refractivity contribution in [1.82, 2.24) is 10.2 Å². The molecule has 0 bridgehead atoms. The third-order valence-electron chi connectivity index (χ3n) is 3.43. The number of likely N-dealkylation sites (tertiary alicyclic amines) is 1. The molecule has 0 saturated carbocycles. The Morgan fingerprint density at radius 1 is 1.59 bits per heavy atom. The van der Waals surface area contributed by atoms with Gasteiger partial charge in [-0.2, -0.15) is 5.26 Å². The van der Waals surface area contributed by atoms with E-state index in [0.29, 0.717) is 12.3 Å². The van der Waals surface area contributed by atoms with E-state index in [-0.39, 0.29) is 5.91 Å². The zero-order chi connectivity index (χ0) is 12.7. The minimum absolute atomic E-state index is 0.0932. The van der Waals surface area contributed by atoms with Crippen molar-refractivity contribution in [3.8, 4) is 6.07 Å². The molecule has 1 fully saturated rings. The van der Waals surface area contributed by atoms with Crippen LogP contribution in [0.1, 0.15) is 33.1 Å². The number of nitrogens with zero attached hydrogens (tertiary/aromatic N) is 2. The number of nitrogens with one attached hydrogen (secondary N) is 1. The van der Waals surface area contributed by atoms with Crippen molar-refractivity contribution >= 4 is 5.91 Å². The molecule has 0 aromatic rings. The largest absolute Gasteiger partial charge is 0.355 e. The summed E-state index contributed by atoms with van der Waals surface area (Å²) in [6.45, 7) is 8.16. The number of nitriles is 1. The fourth-order valence-corrected chi connectivity index (χ4v) is 2.28. The third-order valence-corrected chi connectivity index (χ3v) is 3.43. The Balaban J connectivity index is 2.26. The minimum Gasteiger partial charge on any atom is -0.355 e. The highest BCUT2D eigenvalue weighted by Crippen LogP contribution is 2.15. The number of hydrogen-bond donors (Lipinski definition) is 1. The number of amides is 1. The number of carbonyl (C=O) groups is 1. The lowest BCUT2D eigenvalue weighted by molar-refractivity contribution is -0.123. The lowest BCUT2D eigenvalue weighted by atomic mass is 10.0. The van der Waals surface area contributed by atoms with Gasteiger partial charge in [-0.25, -0.2) is 0 Å². The molecule has 0 aliphatic carbocycles. The first-order chi connectivity index (χ1) is 8.21. The van der Waals surface area contributed by atoms with E-state index < -0.39 is 5.92 Å². The number of rotatable bonds is 6. The molecule has 1 heterocycles. The SMILES string of the molecule is CCCC(C#N)C(=O)NCC1CCN(CC)C1. The second-order valence-corrected chi connectivity index (χ2v) is 4.76. The maximum Gasteiger partial charge on any atom is 0.237 e. The molecule has 0 radical (unpaired) electrons. The van der Waals surface area contributed by atoms with Crippen LogP contribution >= 0.6 is 0 Å². The fraction of sp³-hybridized carbons (Fsp3) is 0.846. The smallest absolute Gasteiger partial charge is 0.237 e. The predicted octanol–water partition coefficient (Wildman–Crippen LogP) is 1.38. The van der Waals surface area contributed by atoms with E-state index in [9.17, 15) is 4.79 Å². The van der Waals surface area contributed by atoms with Gasteiger partial charge in [0, 0.05) is 13.1 Å². The quantitative estimate of drug-likeness (QED) is 0.759. The molecule has 4 nitrogen and oxygen atoms in total. The normalized spacial score (nSPS) is 22.1. The van der Waals surface area contributed by atoms with Crippen LogP contribution in [0.5, 0.6) is 0 Å². The summed E-state index contributed by atoms with van der Waals surface area (Å²) >= 11 is 0. The zero-order valence-corrected chi connectivity index (χ0v) is 10.9. The average molecular weight is 237 g/mol. The molecule has 0 spiro atoms. The van der Waals surface area contributed by atoms with Crippen LogP contribution in [0, 0.1) is 23.2 Å². The number of hydrogen-bond acceptors (Lipinski definition) is 3. The molecule has 1 aliphatic rings. The van der Waals surface area contributed by atoms with Gasteiger partial charge in [-0.15, -0.1) is 0 Å². The Hall–Kier alpha value is -1.08. The Morgan fingerprint density at radius 3 is 2.88 bits per heavy atom. The highest BCUT2D eigenvalue weighted by molar-refractivity contribution is 5.80. The Labute approximate surface area is 104 Å². The maximum absolute atomic E-state index is 11.7. The molecular weight excluding hydrogens is 214 g/mol. The van der Waals surface area contributed by atoms with Crippen molar-refractivity contribution in [3.63, 3.8) is 0 Å². The minimum atomic E-state index is -0.469. The van der Waals surface area contributed by atoms with Gasteiger partial charge in [0.25, 0.3) is 0 Å². The van der Waals surface area contributed by atoms with Crippen molar-refractivity contribution in [1.29, 1.82) is 5.26 Å². The van der Waals surface area contributed by atoms with Gasteiger partial charge in [0.1, 0.15) is 5.92 Å². The summed E-state index contributed by atoms with van der Waals surface area (Å²) in [4.78, 5) is 14.1. The summed E-state index contributed by atoms with van der Waals surface area (Å²) in [5.41, 5.74) is 0. The molecule has 2 unspecified atom stereocenters. The van der Waals surface area contributed by atoms with E-state index >= 15 is 0 Å². The first-order valence-electron chi connectivity index (χ1n) is 6.60. The van der Waals surface area contributed by atoms with Gasteiger partial charge < -0.3 is 10.2 Å². The van der Waals surface area contributed by atoms with E-state index in [1.165, 1.54) is 0 Å². The van der Waals surface area contributed by atoms with Gasteiger partial charge >= 0.3 is 0 Å². The molecule has 1 aliphatic heterocycles. The van der Waals surface area contributed by atoms with E-state index in [2.05, 4.69) is 23.2 Å². The topological polar surface area (TPSA) is 56.1 Å². The molecule has 1 amide bonds. The summed E-state index contributed by atoms with van der Waals surface area (Å²) in [5.74, 6) is -0.00662. The first-order valence-corrected chi connectivity index (χ1v) is 6.60. The van der Waals surface area contributed by atoms with Crippen LogP contribution in [0.2, 0.25) is 0 Å². The van der Waals surface area contributed by atoms with Gasteiger partial charge in [0.15, 0.2) is 0 Å². The van der Waals surface area contributed by atoms with Crippen LogP contribution in [0.25, 0.3) is 0 Å². The molecule has 96 valence electrons. The molecule has 1 rings (SSSR count). The summed E-state index contributed by atoms with van der Waals surface area (Å²) in [6.07, 6.45) is 2.69. The molecule has 1 saturated heterocycles. The lowest BCUT2D eigenvalue weighted by Gasteiger charge is -2.15. The van der Waals surface area contributed by atoms with Crippen LogP contribution in [0.4, 0.5) is 0 Å². The van der Waals surface area contributed by atoms with Crippen LogP contribution in [-0.4, -0.2) is 37.0 Å². The van der Waals surface area contributed by atoms with Crippen molar-refractivity contribution < 1.29 is 4.79 Å². The summed E-state index contributed by atoms with van der Waals surface area (Å²) in [6, 6.07) is 2.08. The third kappa shape index (κ3) is 4.35. The van der Waals surface area contributed by atoms with E-state index in [1.807, 2.05) is 6.92 Å². The van der Waals surface area contributed by atoms with E-state index in [4.69, 9.17) is 5.26 Å². The molecule has 2 atom stereocenters. The Kier molecular flexibility index (Phi) is 5.99. The Morgan fingerprint density at radius 2 is 2.35 bits per heavy atom. The lowest BCUT2D eigenvalue weighted by Crippen LogP contribution is -2.34. The van der Waals surface area contributed by atoms with Crippen LogP contribution in [0.3, 0.4) is 0 Å². The predicted molar refractivity (Wildman–Crippen MR) is 67.2 cm³/mol. The van der Waals surface area contributed by atoms with Gasteiger partial charge in [-0.3, -0.25) is 4.79 Å². The highest BCUT2D eigenvalue weighted by atomic mass is 16.1. The molecule has 4 heteroatoms. The van der Waals surface area contributed by atoms with Crippen molar-refractivity contribution in [2.75, 3.05) is 26.2 Å². The van der Waals surface area contributed by atoms with Crippen LogP contribution in [-0.2, 0) is 4.79 Å². The van der Waals surface area contributed by atoms with E-state index in [0.717, 1.165) is 39.0 Å². The van der Waals surface area contributed by atoms with Gasteiger partial charge in [0.05, 0.1) is 6.07 Å². The molecule has 0 aromatic heterocycles.